The molecule has 1 saturated heterocycles. The van der Waals surface area contributed by atoms with Gasteiger partial charge in [-0.05, 0) is 51.3 Å². The van der Waals surface area contributed by atoms with Crippen LogP contribution in [0.1, 0.15) is 61.4 Å². The van der Waals surface area contributed by atoms with E-state index in [4.69, 9.17) is 4.52 Å². The summed E-state index contributed by atoms with van der Waals surface area (Å²) in [5.74, 6) is 3.54. The summed E-state index contributed by atoms with van der Waals surface area (Å²) < 4.78 is 5.49. The van der Waals surface area contributed by atoms with Crippen molar-refractivity contribution >= 4 is 11.8 Å². The molecule has 1 unspecified atom stereocenters. The molecule has 3 rings (SSSR count). The van der Waals surface area contributed by atoms with Crippen LogP contribution < -0.4 is 5.32 Å². The van der Waals surface area contributed by atoms with Gasteiger partial charge in [0.25, 0.3) is 0 Å². The quantitative estimate of drug-likeness (QED) is 0.912. The zero-order valence-electron chi connectivity index (χ0n) is 10.9. The molecule has 1 aromatic heterocycles. The van der Waals surface area contributed by atoms with E-state index in [1.165, 1.54) is 44.3 Å². The first-order valence-electron chi connectivity index (χ1n) is 6.99. The molecule has 1 aliphatic carbocycles. The van der Waals surface area contributed by atoms with Crippen molar-refractivity contribution in [2.45, 2.75) is 55.7 Å². The summed E-state index contributed by atoms with van der Waals surface area (Å²) in [5.41, 5.74) is 0. The maximum atomic E-state index is 5.49. The van der Waals surface area contributed by atoms with Gasteiger partial charge in [0.2, 0.25) is 5.89 Å². The third-order valence-corrected chi connectivity index (χ3v) is 5.53. The molecule has 18 heavy (non-hydrogen) atoms. The smallest absolute Gasteiger partial charge is 0.229 e. The first kappa shape index (κ1) is 12.5. The van der Waals surface area contributed by atoms with Crippen LogP contribution in [0.4, 0.5) is 0 Å². The van der Waals surface area contributed by atoms with Gasteiger partial charge in [0.05, 0.1) is 5.25 Å². The normalized spacial score (nSPS) is 32.8. The molecule has 0 aromatic carbocycles. The number of hydrogen-bond donors (Lipinski definition) is 1. The Labute approximate surface area is 112 Å². The molecule has 4 nitrogen and oxygen atoms in total. The molecule has 1 N–H and O–H groups in total. The summed E-state index contributed by atoms with van der Waals surface area (Å²) in [5, 5.41) is 8.03. The van der Waals surface area contributed by atoms with Gasteiger partial charge in [-0.15, -0.1) is 0 Å². The van der Waals surface area contributed by atoms with Gasteiger partial charge in [0, 0.05) is 12.0 Å². The van der Waals surface area contributed by atoms with Crippen molar-refractivity contribution in [1.82, 2.24) is 15.5 Å². The highest BCUT2D eigenvalue weighted by Crippen LogP contribution is 2.39. The van der Waals surface area contributed by atoms with Gasteiger partial charge in [0.1, 0.15) is 0 Å². The highest BCUT2D eigenvalue weighted by Gasteiger charge is 2.28. The molecule has 1 atom stereocenters. The van der Waals surface area contributed by atoms with Crippen LogP contribution >= 0.6 is 11.8 Å². The fourth-order valence-electron chi connectivity index (χ4n) is 2.95. The van der Waals surface area contributed by atoms with Crippen molar-refractivity contribution in [3.8, 4) is 0 Å². The third-order valence-electron chi connectivity index (χ3n) is 4.16. The standard InChI is InChI=1S/C13H21N3OS/c1-14-10-6-4-9(5-7-10)13-15-12(16-17-13)11-3-2-8-18-11/h9-11,14H,2-8H2,1H3. The molecule has 2 aliphatic rings. The zero-order chi connectivity index (χ0) is 12.4. The minimum Gasteiger partial charge on any atom is -0.339 e. The van der Waals surface area contributed by atoms with Gasteiger partial charge in [-0.3, -0.25) is 0 Å². The Kier molecular flexibility index (Phi) is 3.89. The van der Waals surface area contributed by atoms with Crippen molar-refractivity contribution in [1.29, 1.82) is 0 Å². The Hall–Kier alpha value is -0.550. The number of nitrogens with zero attached hydrogens (tertiary/aromatic N) is 2. The third kappa shape index (κ3) is 2.57. The fourth-order valence-corrected chi connectivity index (χ4v) is 4.15. The van der Waals surface area contributed by atoms with Gasteiger partial charge in [0.15, 0.2) is 5.82 Å². The van der Waals surface area contributed by atoms with E-state index >= 15 is 0 Å². The largest absolute Gasteiger partial charge is 0.339 e. The summed E-state index contributed by atoms with van der Waals surface area (Å²) in [7, 11) is 2.05. The molecule has 5 heteroatoms. The highest BCUT2D eigenvalue weighted by atomic mass is 32.2. The Morgan fingerprint density at radius 3 is 2.72 bits per heavy atom. The lowest BCUT2D eigenvalue weighted by Crippen LogP contribution is -2.29. The monoisotopic (exact) mass is 267 g/mol. The van der Waals surface area contributed by atoms with Crippen molar-refractivity contribution in [2.75, 3.05) is 12.8 Å². The molecule has 0 spiro atoms. The van der Waals surface area contributed by atoms with E-state index < -0.39 is 0 Å². The van der Waals surface area contributed by atoms with Crippen LogP contribution in [0, 0.1) is 0 Å². The van der Waals surface area contributed by atoms with E-state index in [2.05, 4.69) is 15.5 Å². The molecule has 2 fully saturated rings. The molecule has 1 saturated carbocycles. The topological polar surface area (TPSA) is 51.0 Å². The lowest BCUT2D eigenvalue weighted by molar-refractivity contribution is 0.287. The molecule has 100 valence electrons. The molecular weight excluding hydrogens is 246 g/mol. The fraction of sp³-hybridized carbons (Fsp3) is 0.846. The second-order valence-corrected chi connectivity index (χ2v) is 6.64. The molecule has 1 aromatic rings. The predicted molar refractivity (Wildman–Crippen MR) is 72.8 cm³/mol. The van der Waals surface area contributed by atoms with E-state index in [1.807, 2.05) is 18.8 Å². The number of hydrogen-bond acceptors (Lipinski definition) is 5. The predicted octanol–water partition coefficient (Wildman–Crippen LogP) is 2.88. The first-order chi connectivity index (χ1) is 8.86. The van der Waals surface area contributed by atoms with Crippen molar-refractivity contribution in [3.05, 3.63) is 11.7 Å². The van der Waals surface area contributed by atoms with Crippen molar-refractivity contribution < 1.29 is 4.52 Å². The van der Waals surface area contributed by atoms with Gasteiger partial charge in [-0.2, -0.15) is 16.7 Å². The van der Waals surface area contributed by atoms with Crippen LogP contribution in [0.3, 0.4) is 0 Å². The Morgan fingerprint density at radius 2 is 2.06 bits per heavy atom. The molecule has 1 aliphatic heterocycles. The maximum absolute atomic E-state index is 5.49. The lowest BCUT2D eigenvalue weighted by atomic mass is 9.86. The maximum Gasteiger partial charge on any atom is 0.229 e. The molecular formula is C13H21N3OS. The van der Waals surface area contributed by atoms with Crippen molar-refractivity contribution in [2.24, 2.45) is 0 Å². The second-order valence-electron chi connectivity index (χ2n) is 5.33. The van der Waals surface area contributed by atoms with Crippen LogP contribution in [0.25, 0.3) is 0 Å². The number of rotatable bonds is 3. The molecule has 2 heterocycles. The average Bonchev–Trinajstić information content (AvgIpc) is 3.09. The summed E-state index contributed by atoms with van der Waals surface area (Å²) in [6, 6.07) is 0.675. The van der Waals surface area contributed by atoms with E-state index in [0.29, 0.717) is 17.2 Å². The zero-order valence-corrected chi connectivity index (χ0v) is 11.7. The number of aromatic nitrogens is 2. The van der Waals surface area contributed by atoms with Gasteiger partial charge in [-0.25, -0.2) is 0 Å². The van der Waals surface area contributed by atoms with E-state index in [-0.39, 0.29) is 0 Å². The minimum atomic E-state index is 0.483. The van der Waals surface area contributed by atoms with Crippen LogP contribution in [-0.2, 0) is 0 Å². The number of nitrogens with one attached hydrogen (secondary N) is 1. The van der Waals surface area contributed by atoms with Crippen LogP contribution in [0.15, 0.2) is 4.52 Å². The van der Waals surface area contributed by atoms with E-state index in [9.17, 15) is 0 Å². The molecule has 0 amide bonds. The summed E-state index contributed by atoms with van der Waals surface area (Å²) >= 11 is 1.96. The van der Waals surface area contributed by atoms with Gasteiger partial charge in [-0.1, -0.05) is 5.16 Å². The lowest BCUT2D eigenvalue weighted by Gasteiger charge is -2.25. The second kappa shape index (κ2) is 5.61. The van der Waals surface area contributed by atoms with Crippen LogP contribution in [-0.4, -0.2) is 29.0 Å². The molecule has 0 bridgehead atoms. The SMILES string of the molecule is CNC1CCC(c2nc(C3CCCS3)no2)CC1. The Morgan fingerprint density at radius 1 is 1.22 bits per heavy atom. The average molecular weight is 267 g/mol. The van der Waals surface area contributed by atoms with Gasteiger partial charge >= 0.3 is 0 Å². The first-order valence-corrected chi connectivity index (χ1v) is 8.04. The minimum absolute atomic E-state index is 0.483. The van der Waals surface area contributed by atoms with E-state index in [1.54, 1.807) is 0 Å². The highest BCUT2D eigenvalue weighted by molar-refractivity contribution is 7.99. The Balaban J connectivity index is 1.62. The van der Waals surface area contributed by atoms with Crippen molar-refractivity contribution in [3.63, 3.8) is 0 Å². The van der Waals surface area contributed by atoms with Crippen LogP contribution in [0.2, 0.25) is 0 Å². The summed E-state index contributed by atoms with van der Waals surface area (Å²) in [6.07, 6.45) is 7.27. The summed E-state index contributed by atoms with van der Waals surface area (Å²) in [6.45, 7) is 0. The number of thioether (sulfide) groups is 1. The molecule has 0 radical (unpaired) electrons. The van der Waals surface area contributed by atoms with E-state index in [0.717, 1.165) is 11.7 Å². The van der Waals surface area contributed by atoms with Gasteiger partial charge < -0.3 is 9.84 Å². The Bertz CT molecular complexity index is 381. The van der Waals surface area contributed by atoms with Crippen LogP contribution in [0.5, 0.6) is 0 Å². The summed E-state index contributed by atoms with van der Waals surface area (Å²) in [4.78, 5) is 4.65.